The summed E-state index contributed by atoms with van der Waals surface area (Å²) in [5.41, 5.74) is 1.49. The van der Waals surface area contributed by atoms with Crippen LogP contribution in [0.3, 0.4) is 0 Å². The van der Waals surface area contributed by atoms with Crippen molar-refractivity contribution in [2.24, 2.45) is 5.92 Å². The molecule has 0 unspecified atom stereocenters. The molecule has 0 aliphatic heterocycles. The predicted molar refractivity (Wildman–Crippen MR) is 55.2 cm³/mol. The smallest absolute Gasteiger partial charge is 0.123 e. The monoisotopic (exact) mass is 193 g/mol. The van der Waals surface area contributed by atoms with E-state index in [9.17, 15) is 5.11 Å². The molecule has 0 saturated heterocycles. The van der Waals surface area contributed by atoms with Gasteiger partial charge in [-0.2, -0.15) is 0 Å². The Morgan fingerprint density at radius 1 is 1.36 bits per heavy atom. The zero-order valence-electron chi connectivity index (χ0n) is 8.03. The highest BCUT2D eigenvalue weighted by Crippen LogP contribution is 2.29. The van der Waals surface area contributed by atoms with Gasteiger partial charge in [-0.05, 0) is 24.8 Å². The van der Waals surface area contributed by atoms with E-state index in [2.05, 4.69) is 5.32 Å². The summed E-state index contributed by atoms with van der Waals surface area (Å²) in [4.78, 5) is 0. The largest absolute Gasteiger partial charge is 0.508 e. The molecule has 1 aromatic carbocycles. The van der Waals surface area contributed by atoms with Gasteiger partial charge < -0.3 is 15.5 Å². The lowest BCUT2D eigenvalue weighted by Gasteiger charge is -2.07. The highest BCUT2D eigenvalue weighted by atomic mass is 16.3. The van der Waals surface area contributed by atoms with Gasteiger partial charge in [0.25, 0.3) is 0 Å². The van der Waals surface area contributed by atoms with Crippen LogP contribution in [0.25, 0.3) is 0 Å². The van der Waals surface area contributed by atoms with Crippen LogP contribution in [0.15, 0.2) is 18.2 Å². The molecule has 1 fully saturated rings. The number of phenols is 1. The summed E-state index contributed by atoms with van der Waals surface area (Å²) in [6.07, 6.45) is 2.63. The van der Waals surface area contributed by atoms with E-state index >= 15 is 0 Å². The Hall–Kier alpha value is -1.22. The molecule has 1 saturated carbocycles. The summed E-state index contributed by atoms with van der Waals surface area (Å²) in [6, 6.07) is 5.28. The molecule has 0 heterocycles. The molecule has 3 heteroatoms. The first-order chi connectivity index (χ1) is 6.79. The second-order valence-electron chi connectivity index (χ2n) is 3.83. The molecular weight excluding hydrogens is 178 g/mol. The molecule has 0 atom stereocenters. The van der Waals surface area contributed by atoms with Crippen LogP contribution >= 0.6 is 0 Å². The molecular formula is C11H15NO2. The lowest BCUT2D eigenvalue weighted by Crippen LogP contribution is -2.02. The molecule has 0 radical (unpaired) electrons. The average molecular weight is 193 g/mol. The lowest BCUT2D eigenvalue weighted by atomic mass is 10.2. The van der Waals surface area contributed by atoms with Gasteiger partial charge in [0.1, 0.15) is 5.75 Å². The SMILES string of the molecule is OCc1ccc(NCC2CC2)cc1O. The van der Waals surface area contributed by atoms with Crippen molar-refractivity contribution in [3.8, 4) is 5.75 Å². The third-order valence-electron chi connectivity index (χ3n) is 2.55. The second-order valence-corrected chi connectivity index (χ2v) is 3.83. The maximum atomic E-state index is 9.47. The Morgan fingerprint density at radius 2 is 2.14 bits per heavy atom. The van der Waals surface area contributed by atoms with E-state index in [0.29, 0.717) is 5.56 Å². The van der Waals surface area contributed by atoms with E-state index < -0.39 is 0 Å². The van der Waals surface area contributed by atoms with E-state index in [0.717, 1.165) is 18.2 Å². The number of aromatic hydroxyl groups is 1. The Bertz CT molecular complexity index is 321. The van der Waals surface area contributed by atoms with Crippen LogP contribution in [0.1, 0.15) is 18.4 Å². The number of aliphatic hydroxyl groups excluding tert-OH is 1. The van der Waals surface area contributed by atoms with Crippen molar-refractivity contribution < 1.29 is 10.2 Å². The van der Waals surface area contributed by atoms with Crippen LogP contribution in [0.5, 0.6) is 5.75 Å². The fourth-order valence-electron chi connectivity index (χ4n) is 1.39. The second kappa shape index (κ2) is 3.88. The maximum absolute atomic E-state index is 9.47. The highest BCUT2D eigenvalue weighted by Gasteiger charge is 2.20. The minimum absolute atomic E-state index is 0.116. The summed E-state index contributed by atoms with van der Waals surface area (Å²) in [5.74, 6) is 0.975. The van der Waals surface area contributed by atoms with Crippen molar-refractivity contribution in [1.29, 1.82) is 0 Å². The van der Waals surface area contributed by atoms with Gasteiger partial charge in [0.2, 0.25) is 0 Å². The van der Waals surface area contributed by atoms with Crippen LogP contribution < -0.4 is 5.32 Å². The number of anilines is 1. The number of benzene rings is 1. The zero-order valence-corrected chi connectivity index (χ0v) is 8.03. The van der Waals surface area contributed by atoms with E-state index in [1.807, 2.05) is 6.07 Å². The molecule has 0 amide bonds. The van der Waals surface area contributed by atoms with Gasteiger partial charge in [-0.25, -0.2) is 0 Å². The topological polar surface area (TPSA) is 52.5 Å². The molecule has 1 aliphatic carbocycles. The van der Waals surface area contributed by atoms with E-state index in [4.69, 9.17) is 5.11 Å². The van der Waals surface area contributed by atoms with Crippen LogP contribution in [0.2, 0.25) is 0 Å². The number of aliphatic hydroxyl groups is 1. The number of rotatable bonds is 4. The van der Waals surface area contributed by atoms with Gasteiger partial charge in [-0.3, -0.25) is 0 Å². The first-order valence-electron chi connectivity index (χ1n) is 4.96. The summed E-state index contributed by atoms with van der Waals surface area (Å²) in [5, 5.41) is 21.6. The zero-order chi connectivity index (χ0) is 9.97. The van der Waals surface area contributed by atoms with Crippen molar-refractivity contribution >= 4 is 5.69 Å². The third-order valence-corrected chi connectivity index (χ3v) is 2.55. The quantitative estimate of drug-likeness (QED) is 0.682. The summed E-state index contributed by atoms with van der Waals surface area (Å²) in [7, 11) is 0. The minimum Gasteiger partial charge on any atom is -0.508 e. The van der Waals surface area contributed by atoms with Gasteiger partial charge in [-0.15, -0.1) is 0 Å². The highest BCUT2D eigenvalue weighted by molar-refractivity contribution is 5.51. The molecule has 14 heavy (non-hydrogen) atoms. The van der Waals surface area contributed by atoms with Crippen LogP contribution in [0.4, 0.5) is 5.69 Å². The van der Waals surface area contributed by atoms with Crippen LogP contribution in [-0.4, -0.2) is 16.8 Å². The Balaban J connectivity index is 1.99. The average Bonchev–Trinajstić information content (AvgIpc) is 2.98. The van der Waals surface area contributed by atoms with Gasteiger partial charge in [-0.1, -0.05) is 6.07 Å². The molecule has 0 bridgehead atoms. The van der Waals surface area contributed by atoms with Crippen molar-refractivity contribution in [1.82, 2.24) is 0 Å². The minimum atomic E-state index is -0.116. The Kier molecular flexibility index (Phi) is 2.59. The van der Waals surface area contributed by atoms with Gasteiger partial charge in [0, 0.05) is 23.9 Å². The summed E-state index contributed by atoms with van der Waals surface area (Å²) < 4.78 is 0. The van der Waals surface area contributed by atoms with Gasteiger partial charge >= 0.3 is 0 Å². The molecule has 1 aromatic rings. The Morgan fingerprint density at radius 3 is 2.71 bits per heavy atom. The molecule has 2 rings (SSSR count). The van der Waals surface area contributed by atoms with Crippen LogP contribution in [-0.2, 0) is 6.61 Å². The van der Waals surface area contributed by atoms with Crippen molar-refractivity contribution in [3.05, 3.63) is 23.8 Å². The van der Waals surface area contributed by atoms with Crippen molar-refractivity contribution in [2.75, 3.05) is 11.9 Å². The fraction of sp³-hybridized carbons (Fsp3) is 0.455. The number of hydrogen-bond acceptors (Lipinski definition) is 3. The molecule has 0 spiro atoms. The van der Waals surface area contributed by atoms with Crippen molar-refractivity contribution in [2.45, 2.75) is 19.4 Å². The normalized spacial score (nSPS) is 15.5. The van der Waals surface area contributed by atoms with Gasteiger partial charge in [0.15, 0.2) is 0 Å². The maximum Gasteiger partial charge on any atom is 0.123 e. The summed E-state index contributed by atoms with van der Waals surface area (Å²) >= 11 is 0. The summed E-state index contributed by atoms with van der Waals surface area (Å²) in [6.45, 7) is 0.868. The van der Waals surface area contributed by atoms with E-state index in [-0.39, 0.29) is 12.4 Å². The molecule has 3 nitrogen and oxygen atoms in total. The van der Waals surface area contributed by atoms with Crippen LogP contribution in [0, 0.1) is 5.92 Å². The molecule has 0 aromatic heterocycles. The van der Waals surface area contributed by atoms with E-state index in [1.54, 1.807) is 12.1 Å². The van der Waals surface area contributed by atoms with Gasteiger partial charge in [0.05, 0.1) is 6.61 Å². The molecule has 3 N–H and O–H groups in total. The van der Waals surface area contributed by atoms with Crippen molar-refractivity contribution in [3.63, 3.8) is 0 Å². The Labute approximate surface area is 83.4 Å². The lowest BCUT2D eigenvalue weighted by molar-refractivity contribution is 0.275. The molecule has 76 valence electrons. The first kappa shape index (κ1) is 9.34. The van der Waals surface area contributed by atoms with E-state index in [1.165, 1.54) is 12.8 Å². The number of hydrogen-bond donors (Lipinski definition) is 3. The third kappa shape index (κ3) is 2.17. The first-order valence-corrected chi connectivity index (χ1v) is 4.96. The predicted octanol–water partition coefficient (Wildman–Crippen LogP) is 1.71. The molecule has 1 aliphatic rings. The number of nitrogens with one attached hydrogen (secondary N) is 1. The standard InChI is InChI=1S/C11H15NO2/c13-7-9-3-4-10(5-11(9)14)12-6-8-1-2-8/h3-5,8,12-14H,1-2,6-7H2. The fourth-order valence-corrected chi connectivity index (χ4v) is 1.39.